The molecule has 0 aliphatic carbocycles. The molecular formula is C12H14BrNO3S. The molecule has 1 heterocycles. The van der Waals surface area contributed by atoms with Gasteiger partial charge >= 0.3 is 0 Å². The molecule has 1 fully saturated rings. The summed E-state index contributed by atoms with van der Waals surface area (Å²) in [6.45, 7) is 1.27. The van der Waals surface area contributed by atoms with E-state index in [-0.39, 0.29) is 10.7 Å². The maximum absolute atomic E-state index is 11.7. The Balaban J connectivity index is 2.10. The van der Waals surface area contributed by atoms with E-state index in [1.165, 1.54) is 6.26 Å². The van der Waals surface area contributed by atoms with Crippen molar-refractivity contribution in [3.8, 4) is 0 Å². The largest absolute Gasteiger partial charge is 0.337 e. The molecule has 1 atom stereocenters. The van der Waals surface area contributed by atoms with Crippen LogP contribution in [0.2, 0.25) is 0 Å². The predicted octanol–water partition coefficient (Wildman–Crippen LogP) is 1.59. The van der Waals surface area contributed by atoms with Gasteiger partial charge in [-0.2, -0.15) is 0 Å². The van der Waals surface area contributed by atoms with E-state index < -0.39 is 9.84 Å². The van der Waals surface area contributed by atoms with Crippen LogP contribution in [0.5, 0.6) is 0 Å². The second kappa shape index (κ2) is 5.01. The van der Waals surface area contributed by atoms with Gasteiger partial charge in [-0.25, -0.2) is 8.42 Å². The van der Waals surface area contributed by atoms with Gasteiger partial charge in [-0.3, -0.25) is 4.79 Å². The molecule has 0 spiro atoms. The Bertz CT molecular complexity index is 553. The van der Waals surface area contributed by atoms with Crippen molar-refractivity contribution < 1.29 is 13.2 Å². The van der Waals surface area contributed by atoms with Gasteiger partial charge in [0.1, 0.15) is 0 Å². The SMILES string of the molecule is CS(=O)(=O)c1ccc(CN2CCC(Br)C2=O)cc1. The van der Waals surface area contributed by atoms with Gasteiger partial charge in [-0.15, -0.1) is 0 Å². The van der Waals surface area contributed by atoms with E-state index in [2.05, 4.69) is 15.9 Å². The van der Waals surface area contributed by atoms with E-state index in [0.717, 1.165) is 18.5 Å². The van der Waals surface area contributed by atoms with Crippen molar-refractivity contribution in [3.63, 3.8) is 0 Å². The van der Waals surface area contributed by atoms with Crippen molar-refractivity contribution in [2.24, 2.45) is 0 Å². The number of rotatable bonds is 3. The Morgan fingerprint density at radius 3 is 2.39 bits per heavy atom. The summed E-state index contributed by atoms with van der Waals surface area (Å²) in [7, 11) is -3.15. The van der Waals surface area contributed by atoms with Crippen molar-refractivity contribution in [1.29, 1.82) is 0 Å². The summed E-state index contributed by atoms with van der Waals surface area (Å²) < 4.78 is 22.6. The number of benzene rings is 1. The number of halogens is 1. The predicted molar refractivity (Wildman–Crippen MR) is 72.3 cm³/mol. The first-order chi connectivity index (χ1) is 8.38. The van der Waals surface area contributed by atoms with E-state index in [4.69, 9.17) is 0 Å². The summed E-state index contributed by atoms with van der Waals surface area (Å²) in [6, 6.07) is 6.67. The molecule has 1 saturated heterocycles. The number of likely N-dealkylation sites (tertiary alicyclic amines) is 1. The number of nitrogens with zero attached hydrogens (tertiary/aromatic N) is 1. The molecule has 2 rings (SSSR count). The van der Waals surface area contributed by atoms with Gasteiger partial charge < -0.3 is 4.90 Å². The Morgan fingerprint density at radius 2 is 1.94 bits per heavy atom. The minimum absolute atomic E-state index is 0.0761. The Labute approximate surface area is 115 Å². The van der Waals surface area contributed by atoms with Crippen molar-refractivity contribution in [2.75, 3.05) is 12.8 Å². The first-order valence-electron chi connectivity index (χ1n) is 5.60. The van der Waals surface area contributed by atoms with Crippen LogP contribution >= 0.6 is 15.9 Å². The van der Waals surface area contributed by atoms with E-state index in [1.54, 1.807) is 29.2 Å². The summed E-state index contributed by atoms with van der Waals surface area (Å²) in [4.78, 5) is 13.7. The van der Waals surface area contributed by atoms with Crippen LogP contribution < -0.4 is 0 Å². The summed E-state index contributed by atoms with van der Waals surface area (Å²) in [5.41, 5.74) is 0.942. The van der Waals surface area contributed by atoms with Crippen LogP contribution in [0.25, 0.3) is 0 Å². The maximum Gasteiger partial charge on any atom is 0.236 e. The molecule has 0 radical (unpaired) electrons. The number of hydrogen-bond donors (Lipinski definition) is 0. The number of carbonyl (C=O) groups excluding carboxylic acids is 1. The van der Waals surface area contributed by atoms with Crippen molar-refractivity contribution in [1.82, 2.24) is 4.90 Å². The molecule has 98 valence electrons. The third-order valence-corrected chi connectivity index (χ3v) is 4.94. The summed E-state index contributed by atoms with van der Waals surface area (Å²) >= 11 is 3.32. The van der Waals surface area contributed by atoms with E-state index in [0.29, 0.717) is 11.4 Å². The molecule has 0 bridgehead atoms. The lowest BCUT2D eigenvalue weighted by Gasteiger charge is -2.15. The minimum atomic E-state index is -3.15. The van der Waals surface area contributed by atoms with Gasteiger partial charge in [-0.05, 0) is 24.1 Å². The van der Waals surface area contributed by atoms with Crippen molar-refractivity contribution >= 4 is 31.7 Å². The van der Waals surface area contributed by atoms with Gasteiger partial charge in [0.2, 0.25) is 5.91 Å². The summed E-state index contributed by atoms with van der Waals surface area (Å²) in [6.07, 6.45) is 2.00. The average Bonchev–Trinajstić information content (AvgIpc) is 2.61. The van der Waals surface area contributed by atoms with Gasteiger partial charge in [0.15, 0.2) is 9.84 Å². The topological polar surface area (TPSA) is 54.5 Å². The van der Waals surface area contributed by atoms with Crippen molar-refractivity contribution in [2.45, 2.75) is 22.7 Å². The number of sulfone groups is 1. The van der Waals surface area contributed by atoms with Crippen molar-refractivity contribution in [3.05, 3.63) is 29.8 Å². The Morgan fingerprint density at radius 1 is 1.33 bits per heavy atom. The maximum atomic E-state index is 11.7. The highest BCUT2D eigenvalue weighted by atomic mass is 79.9. The molecule has 0 N–H and O–H groups in total. The average molecular weight is 332 g/mol. The van der Waals surface area contributed by atoms with E-state index >= 15 is 0 Å². The lowest BCUT2D eigenvalue weighted by Crippen LogP contribution is -2.26. The lowest BCUT2D eigenvalue weighted by molar-refractivity contribution is -0.127. The molecule has 18 heavy (non-hydrogen) atoms. The van der Waals surface area contributed by atoms with Crippen LogP contribution in [0.3, 0.4) is 0 Å². The zero-order valence-corrected chi connectivity index (χ0v) is 12.4. The number of carbonyl (C=O) groups is 1. The van der Waals surface area contributed by atoms with Gasteiger partial charge in [0.05, 0.1) is 9.72 Å². The fraction of sp³-hybridized carbons (Fsp3) is 0.417. The highest BCUT2D eigenvalue weighted by molar-refractivity contribution is 9.10. The third kappa shape index (κ3) is 2.92. The zero-order chi connectivity index (χ0) is 13.3. The molecule has 0 saturated carbocycles. The fourth-order valence-electron chi connectivity index (χ4n) is 1.92. The number of alkyl halides is 1. The monoisotopic (exact) mass is 331 g/mol. The molecule has 0 aromatic heterocycles. The van der Waals surface area contributed by atoms with Gasteiger partial charge in [-0.1, -0.05) is 28.1 Å². The van der Waals surface area contributed by atoms with Crippen LogP contribution in [0.1, 0.15) is 12.0 Å². The zero-order valence-electron chi connectivity index (χ0n) is 9.97. The van der Waals surface area contributed by atoms with Crippen LogP contribution in [0, 0.1) is 0 Å². The molecule has 1 aliphatic rings. The minimum Gasteiger partial charge on any atom is -0.337 e. The fourth-order valence-corrected chi connectivity index (χ4v) is 3.05. The second-order valence-corrected chi connectivity index (χ2v) is 7.55. The highest BCUT2D eigenvalue weighted by Gasteiger charge is 2.29. The highest BCUT2D eigenvalue weighted by Crippen LogP contribution is 2.21. The van der Waals surface area contributed by atoms with E-state index in [9.17, 15) is 13.2 Å². The second-order valence-electron chi connectivity index (χ2n) is 4.43. The van der Waals surface area contributed by atoms with Gasteiger partial charge in [0, 0.05) is 19.3 Å². The molecule has 6 heteroatoms. The Hall–Kier alpha value is -0.880. The first kappa shape index (κ1) is 13.5. The molecule has 1 amide bonds. The van der Waals surface area contributed by atoms with E-state index in [1.807, 2.05) is 0 Å². The number of hydrogen-bond acceptors (Lipinski definition) is 3. The standard InChI is InChI=1S/C12H14BrNO3S/c1-18(16,17)10-4-2-9(3-5-10)8-14-7-6-11(13)12(14)15/h2-5,11H,6-8H2,1H3. The summed E-state index contributed by atoms with van der Waals surface area (Å²) in [5, 5.41) is 0. The molecule has 1 aromatic carbocycles. The van der Waals surface area contributed by atoms with Crippen LogP contribution in [-0.4, -0.2) is 36.9 Å². The molecular weight excluding hydrogens is 318 g/mol. The summed E-state index contributed by atoms with van der Waals surface area (Å²) in [5.74, 6) is 0.0992. The Kier molecular flexibility index (Phi) is 3.77. The lowest BCUT2D eigenvalue weighted by atomic mass is 10.2. The number of amides is 1. The molecule has 1 aliphatic heterocycles. The third-order valence-electron chi connectivity index (χ3n) is 2.96. The quantitative estimate of drug-likeness (QED) is 0.790. The van der Waals surface area contributed by atoms with Gasteiger partial charge in [0.25, 0.3) is 0 Å². The molecule has 1 unspecified atom stereocenters. The molecule has 1 aromatic rings. The normalized spacial score (nSPS) is 20.4. The smallest absolute Gasteiger partial charge is 0.236 e. The first-order valence-corrected chi connectivity index (χ1v) is 8.40. The van der Waals surface area contributed by atoms with Crippen LogP contribution in [0.4, 0.5) is 0 Å². The van der Waals surface area contributed by atoms with Crippen LogP contribution in [0.15, 0.2) is 29.2 Å². The van der Waals surface area contributed by atoms with Crippen LogP contribution in [-0.2, 0) is 21.2 Å². The molecule has 4 nitrogen and oxygen atoms in total.